The number of carbonyl (C=O) groups excluding carboxylic acids is 1. The first kappa shape index (κ1) is 15.2. The highest BCUT2D eigenvalue weighted by Gasteiger charge is 2.40. The van der Waals surface area contributed by atoms with Crippen LogP contribution < -0.4 is 21.0 Å². The summed E-state index contributed by atoms with van der Waals surface area (Å²) >= 11 is 0. The van der Waals surface area contributed by atoms with Crippen LogP contribution in [0.4, 0.5) is 11.4 Å². The van der Waals surface area contributed by atoms with Gasteiger partial charge in [0.15, 0.2) is 5.78 Å². The summed E-state index contributed by atoms with van der Waals surface area (Å²) in [5.74, 6) is 0.235. The van der Waals surface area contributed by atoms with E-state index in [2.05, 4.69) is 48.0 Å². The van der Waals surface area contributed by atoms with Gasteiger partial charge in [0, 0.05) is 35.6 Å². The minimum Gasteiger partial charge on any atom is -0.385 e. The number of aryl methyl sites for hydroxylation is 2. The first-order valence-electron chi connectivity index (χ1n) is 9.43. The van der Waals surface area contributed by atoms with Crippen molar-refractivity contribution in [2.24, 2.45) is 0 Å². The first-order chi connectivity index (χ1) is 12.1. The predicted octanol–water partition coefficient (Wildman–Crippen LogP) is 2.77. The SMILES string of the molecule is C[Si]1(C)c2cc3c(cc2C(=O)c2cc4c(cc21)NCCC4)CCCN3. The summed E-state index contributed by atoms with van der Waals surface area (Å²) in [7, 11) is -1.89. The maximum atomic E-state index is 13.3. The number of rotatable bonds is 0. The van der Waals surface area contributed by atoms with Gasteiger partial charge in [-0.3, -0.25) is 4.79 Å². The van der Waals surface area contributed by atoms with Gasteiger partial charge in [-0.2, -0.15) is 0 Å². The summed E-state index contributed by atoms with van der Waals surface area (Å²) in [5, 5.41) is 9.68. The number of anilines is 2. The van der Waals surface area contributed by atoms with Crippen LogP contribution >= 0.6 is 0 Å². The molecule has 0 saturated heterocycles. The van der Waals surface area contributed by atoms with E-state index in [9.17, 15) is 4.79 Å². The molecule has 0 amide bonds. The molecule has 0 atom stereocenters. The lowest BCUT2D eigenvalue weighted by atomic mass is 9.93. The molecule has 0 fully saturated rings. The van der Waals surface area contributed by atoms with Crippen molar-refractivity contribution >= 4 is 35.6 Å². The van der Waals surface area contributed by atoms with E-state index < -0.39 is 8.07 Å². The molecule has 5 rings (SSSR count). The van der Waals surface area contributed by atoms with Crippen molar-refractivity contribution in [3.8, 4) is 0 Å². The smallest absolute Gasteiger partial charge is 0.192 e. The summed E-state index contributed by atoms with van der Waals surface area (Å²) in [6.45, 7) is 6.86. The summed E-state index contributed by atoms with van der Waals surface area (Å²) in [6, 6.07) is 8.97. The third-order valence-corrected chi connectivity index (χ3v) is 9.72. The fraction of sp³-hybridized carbons (Fsp3) is 0.381. The minimum atomic E-state index is -1.89. The predicted molar refractivity (Wildman–Crippen MR) is 107 cm³/mol. The van der Waals surface area contributed by atoms with Crippen molar-refractivity contribution < 1.29 is 4.79 Å². The van der Waals surface area contributed by atoms with E-state index in [1.165, 1.54) is 32.9 Å². The fourth-order valence-electron chi connectivity index (χ4n) is 4.74. The van der Waals surface area contributed by atoms with Gasteiger partial charge in [-0.05, 0) is 71.4 Å². The van der Waals surface area contributed by atoms with Gasteiger partial charge in [0.1, 0.15) is 8.07 Å². The highest BCUT2D eigenvalue weighted by molar-refractivity contribution is 7.02. The van der Waals surface area contributed by atoms with Crippen molar-refractivity contribution in [1.82, 2.24) is 0 Å². The highest BCUT2D eigenvalue weighted by Crippen LogP contribution is 2.31. The molecule has 0 unspecified atom stereocenters. The number of ketones is 1. The van der Waals surface area contributed by atoms with Crippen LogP contribution in [-0.2, 0) is 12.8 Å². The number of hydrogen-bond acceptors (Lipinski definition) is 3. The summed E-state index contributed by atoms with van der Waals surface area (Å²) in [6.07, 6.45) is 4.45. The van der Waals surface area contributed by atoms with Crippen molar-refractivity contribution in [1.29, 1.82) is 0 Å². The van der Waals surface area contributed by atoms with E-state index >= 15 is 0 Å². The van der Waals surface area contributed by atoms with Crippen molar-refractivity contribution in [3.63, 3.8) is 0 Å². The molecule has 3 heterocycles. The maximum absolute atomic E-state index is 13.3. The van der Waals surface area contributed by atoms with Crippen LogP contribution in [-0.4, -0.2) is 26.9 Å². The van der Waals surface area contributed by atoms with Crippen LogP contribution in [0.5, 0.6) is 0 Å². The fourth-order valence-corrected chi connectivity index (χ4v) is 7.75. The Kier molecular flexibility index (Phi) is 3.17. The van der Waals surface area contributed by atoms with Gasteiger partial charge < -0.3 is 10.6 Å². The number of fused-ring (bicyclic) bond motifs is 4. The third kappa shape index (κ3) is 2.13. The van der Waals surface area contributed by atoms with E-state index in [1.54, 1.807) is 0 Å². The lowest BCUT2D eigenvalue weighted by Gasteiger charge is -2.35. The number of benzene rings is 2. The second-order valence-corrected chi connectivity index (χ2v) is 12.5. The molecule has 3 aliphatic heterocycles. The zero-order chi connectivity index (χ0) is 17.2. The summed E-state index contributed by atoms with van der Waals surface area (Å²) < 4.78 is 0. The second kappa shape index (κ2) is 5.21. The Morgan fingerprint density at radius 3 is 1.76 bits per heavy atom. The largest absolute Gasteiger partial charge is 0.385 e. The van der Waals surface area contributed by atoms with E-state index in [0.717, 1.165) is 49.9 Å². The molecule has 4 heteroatoms. The lowest BCUT2D eigenvalue weighted by Crippen LogP contribution is -2.60. The summed E-state index contributed by atoms with van der Waals surface area (Å²) in [5.41, 5.74) is 7.05. The van der Waals surface area contributed by atoms with Crippen LogP contribution in [0.1, 0.15) is 39.9 Å². The number of hydrogen-bond donors (Lipinski definition) is 2. The van der Waals surface area contributed by atoms with Gasteiger partial charge in [0.2, 0.25) is 0 Å². The molecule has 3 nitrogen and oxygen atoms in total. The van der Waals surface area contributed by atoms with Crippen LogP contribution in [0.2, 0.25) is 13.1 Å². The summed E-state index contributed by atoms with van der Waals surface area (Å²) in [4.78, 5) is 13.3. The average Bonchev–Trinajstić information content (AvgIpc) is 2.64. The molecule has 0 aliphatic carbocycles. The molecule has 2 aromatic rings. The monoisotopic (exact) mass is 348 g/mol. The Hall–Kier alpha value is -2.07. The van der Waals surface area contributed by atoms with E-state index in [4.69, 9.17) is 0 Å². The molecule has 0 spiro atoms. The molecule has 2 N–H and O–H groups in total. The molecule has 25 heavy (non-hydrogen) atoms. The Morgan fingerprint density at radius 2 is 1.28 bits per heavy atom. The second-order valence-electron chi connectivity index (χ2n) is 8.12. The third-order valence-electron chi connectivity index (χ3n) is 6.20. The minimum absolute atomic E-state index is 0.235. The van der Waals surface area contributed by atoms with Gasteiger partial charge in [-0.1, -0.05) is 13.1 Å². The Bertz CT molecular complexity index is 845. The quantitative estimate of drug-likeness (QED) is 0.720. The van der Waals surface area contributed by atoms with E-state index in [1.807, 2.05) is 0 Å². The zero-order valence-electron chi connectivity index (χ0n) is 15.0. The van der Waals surface area contributed by atoms with Gasteiger partial charge in [-0.25, -0.2) is 0 Å². The molecule has 0 bridgehead atoms. The van der Waals surface area contributed by atoms with Crippen LogP contribution in [0.25, 0.3) is 0 Å². The maximum Gasteiger partial charge on any atom is 0.192 e. The average molecular weight is 349 g/mol. The lowest BCUT2D eigenvalue weighted by molar-refractivity contribution is 0.104. The molecule has 0 radical (unpaired) electrons. The van der Waals surface area contributed by atoms with Crippen molar-refractivity contribution in [2.45, 2.75) is 38.8 Å². The Morgan fingerprint density at radius 1 is 0.800 bits per heavy atom. The molecule has 0 saturated carbocycles. The molecular formula is C21H24N2OSi. The molecule has 0 aromatic heterocycles. The highest BCUT2D eigenvalue weighted by atomic mass is 28.3. The van der Waals surface area contributed by atoms with Crippen molar-refractivity contribution in [3.05, 3.63) is 46.5 Å². The Balaban J connectivity index is 1.75. The van der Waals surface area contributed by atoms with E-state index in [-0.39, 0.29) is 5.78 Å². The molecule has 128 valence electrons. The number of nitrogens with one attached hydrogen (secondary N) is 2. The van der Waals surface area contributed by atoms with Gasteiger partial charge in [0.25, 0.3) is 0 Å². The van der Waals surface area contributed by atoms with Crippen LogP contribution in [0.3, 0.4) is 0 Å². The molecule has 2 aromatic carbocycles. The standard InChI is InChI=1S/C21H24N2OSi/c1-25(2)19-11-17-13(5-3-7-22-17)9-15(19)21(24)16-10-14-6-4-8-23-18(14)12-20(16)25/h9-12,22-23H,3-8H2,1-2H3. The van der Waals surface area contributed by atoms with Gasteiger partial charge >= 0.3 is 0 Å². The van der Waals surface area contributed by atoms with Crippen molar-refractivity contribution in [2.75, 3.05) is 23.7 Å². The number of carbonyl (C=O) groups is 1. The zero-order valence-corrected chi connectivity index (χ0v) is 16.0. The Labute approximate surface area is 149 Å². The van der Waals surface area contributed by atoms with Crippen LogP contribution in [0.15, 0.2) is 24.3 Å². The normalized spacial score (nSPS) is 19.7. The van der Waals surface area contributed by atoms with E-state index in [0.29, 0.717) is 0 Å². The van der Waals surface area contributed by atoms with Crippen LogP contribution in [0, 0.1) is 0 Å². The van der Waals surface area contributed by atoms with Gasteiger partial charge in [0.05, 0.1) is 0 Å². The molecule has 3 aliphatic rings. The van der Waals surface area contributed by atoms with Gasteiger partial charge in [-0.15, -0.1) is 0 Å². The topological polar surface area (TPSA) is 41.1 Å². The molecular weight excluding hydrogens is 324 g/mol. The first-order valence-corrected chi connectivity index (χ1v) is 12.4.